The van der Waals surface area contributed by atoms with E-state index in [1.807, 2.05) is 0 Å². The summed E-state index contributed by atoms with van der Waals surface area (Å²) in [6.45, 7) is 13.3. The van der Waals surface area contributed by atoms with Gasteiger partial charge in [-0.15, -0.1) is 0 Å². The van der Waals surface area contributed by atoms with Gasteiger partial charge in [-0.05, 0) is 0 Å². The van der Waals surface area contributed by atoms with Gasteiger partial charge in [-0.3, -0.25) is 0 Å². The van der Waals surface area contributed by atoms with Gasteiger partial charge in [0.1, 0.15) is 0 Å². The van der Waals surface area contributed by atoms with Gasteiger partial charge < -0.3 is 0 Å². The van der Waals surface area contributed by atoms with Crippen LogP contribution in [0.5, 0.6) is 0 Å². The molecule has 0 heterocycles. The van der Waals surface area contributed by atoms with E-state index in [1.54, 1.807) is 0 Å². The molecule has 0 nitrogen and oxygen atoms in total. The molecule has 1 atom stereocenters. The number of halogens is 2. The van der Waals surface area contributed by atoms with Crippen LogP contribution in [0.15, 0.2) is 23.8 Å². The predicted molar refractivity (Wildman–Crippen MR) is 104 cm³/mol. The minimum atomic E-state index is -2.39. The van der Waals surface area contributed by atoms with Crippen molar-refractivity contribution in [2.45, 2.75) is 45.2 Å². The predicted octanol–water partition coefficient (Wildman–Crippen LogP) is 7.28. The van der Waals surface area contributed by atoms with Crippen LogP contribution in [-0.4, -0.2) is 0 Å². The summed E-state index contributed by atoms with van der Waals surface area (Å²) in [4.78, 5) is 0. The second kappa shape index (κ2) is 6.75. The minimum absolute atomic E-state index is 0.290. The molecule has 0 aromatic heterocycles. The van der Waals surface area contributed by atoms with Crippen molar-refractivity contribution < 1.29 is 19.4 Å². The average Bonchev–Trinajstić information content (AvgIpc) is 2.85. The first-order chi connectivity index (χ1) is 11.2. The van der Waals surface area contributed by atoms with Crippen molar-refractivity contribution in [1.82, 2.24) is 0 Å². The van der Waals surface area contributed by atoms with Gasteiger partial charge in [-0.1, -0.05) is 0 Å². The van der Waals surface area contributed by atoms with Crippen molar-refractivity contribution in [3.63, 3.8) is 0 Å². The maximum atomic E-state index is 6.47. The molecule has 0 saturated heterocycles. The van der Waals surface area contributed by atoms with Gasteiger partial charge in [0, 0.05) is 0 Å². The first kappa shape index (κ1) is 18.4. The fourth-order valence-corrected chi connectivity index (χ4v) is 9.50. The Morgan fingerprint density at radius 2 is 1.50 bits per heavy atom. The molecule has 0 saturated carbocycles. The molecule has 0 aliphatic heterocycles. The molecule has 0 radical (unpaired) electrons. The number of fused-ring (bicyclic) bond motifs is 1. The standard InChI is InChI=1S/C21H23.2ClH.Zr/c1-12-9-18-8-7-13(2)21(20(18)10-12)19-11-14(3)15(4)16(5)17(19)6;;;/h7-11H,1-6H3;2*1H;/q;;;+2/p-2. The first-order valence-corrected chi connectivity index (χ1v) is 16.1. The summed E-state index contributed by atoms with van der Waals surface area (Å²) in [7, 11) is 12.9. The zero-order valence-corrected chi connectivity index (χ0v) is 19.1. The molecule has 1 aliphatic carbocycles. The number of rotatable bonds is 2. The molecular weight excluding hydrogens is 414 g/mol. The van der Waals surface area contributed by atoms with E-state index in [0.29, 0.717) is 0 Å². The fourth-order valence-electron chi connectivity index (χ4n) is 3.83. The molecule has 2 aromatic carbocycles. The first-order valence-electron chi connectivity index (χ1n) is 8.31. The number of allylic oxidation sites excluding steroid dienone is 1. The Kier molecular flexibility index (Phi) is 5.18. The SMILES string of the molecule is CC1=Cc2c(ccc(C)c2-c2cc(C)c(C)c(C)c2C)[CH]1[Zr]([Cl])[Cl]. The van der Waals surface area contributed by atoms with Crippen LogP contribution >= 0.6 is 17.0 Å². The van der Waals surface area contributed by atoms with Crippen molar-refractivity contribution >= 4 is 23.1 Å². The number of benzene rings is 2. The van der Waals surface area contributed by atoms with E-state index in [9.17, 15) is 0 Å². The third-order valence-corrected chi connectivity index (χ3v) is 11.1. The Bertz CT molecular complexity index is 863. The molecule has 0 amide bonds. The number of hydrogen-bond donors (Lipinski definition) is 0. The molecule has 3 rings (SSSR count). The van der Waals surface area contributed by atoms with Gasteiger partial charge in [-0.25, -0.2) is 0 Å². The van der Waals surface area contributed by atoms with Gasteiger partial charge in [-0.2, -0.15) is 0 Å². The van der Waals surface area contributed by atoms with E-state index < -0.39 is 19.4 Å². The molecule has 0 spiro atoms. The van der Waals surface area contributed by atoms with Crippen LogP contribution in [0.1, 0.15) is 49.5 Å². The molecule has 24 heavy (non-hydrogen) atoms. The Morgan fingerprint density at radius 1 is 0.833 bits per heavy atom. The van der Waals surface area contributed by atoms with Crippen LogP contribution in [0.2, 0.25) is 0 Å². The number of aryl methyl sites for hydroxylation is 2. The summed E-state index contributed by atoms with van der Waals surface area (Å²) in [5, 5.41) is 0. The van der Waals surface area contributed by atoms with E-state index >= 15 is 0 Å². The Hall–Kier alpha value is -0.357. The van der Waals surface area contributed by atoms with Crippen molar-refractivity contribution in [3.8, 4) is 11.1 Å². The third-order valence-electron chi connectivity index (χ3n) is 5.59. The molecular formula is C21H23Cl2Zr. The molecule has 0 N–H and O–H groups in total. The Balaban J connectivity index is 2.33. The van der Waals surface area contributed by atoms with Gasteiger partial charge in [0.05, 0.1) is 0 Å². The summed E-state index contributed by atoms with van der Waals surface area (Å²) in [6, 6.07) is 6.82. The number of hydrogen-bond acceptors (Lipinski definition) is 0. The van der Waals surface area contributed by atoms with Crippen molar-refractivity contribution in [2.75, 3.05) is 0 Å². The van der Waals surface area contributed by atoms with Crippen LogP contribution in [0, 0.1) is 34.6 Å². The van der Waals surface area contributed by atoms with Crippen molar-refractivity contribution in [3.05, 3.63) is 62.7 Å². The second-order valence-electron chi connectivity index (χ2n) is 6.99. The third kappa shape index (κ3) is 2.87. The van der Waals surface area contributed by atoms with Gasteiger partial charge in [0.15, 0.2) is 0 Å². The van der Waals surface area contributed by atoms with E-state index in [0.717, 1.165) is 0 Å². The van der Waals surface area contributed by atoms with Gasteiger partial charge in [0.2, 0.25) is 0 Å². The van der Waals surface area contributed by atoms with E-state index in [-0.39, 0.29) is 3.63 Å². The van der Waals surface area contributed by atoms with Crippen LogP contribution in [0.4, 0.5) is 0 Å². The van der Waals surface area contributed by atoms with E-state index in [1.165, 1.54) is 55.6 Å². The monoisotopic (exact) mass is 435 g/mol. The summed E-state index contributed by atoms with van der Waals surface area (Å²) < 4.78 is 0.290. The van der Waals surface area contributed by atoms with Crippen molar-refractivity contribution in [2.24, 2.45) is 0 Å². The van der Waals surface area contributed by atoms with Crippen LogP contribution < -0.4 is 0 Å². The topological polar surface area (TPSA) is 0 Å². The normalized spacial score (nSPS) is 16.2. The molecule has 2 aromatic rings. The van der Waals surface area contributed by atoms with Gasteiger partial charge >= 0.3 is 161 Å². The summed E-state index contributed by atoms with van der Waals surface area (Å²) in [5.74, 6) is 0. The second-order valence-corrected chi connectivity index (χ2v) is 15.8. The van der Waals surface area contributed by atoms with E-state index in [2.05, 4.69) is 65.8 Å². The Morgan fingerprint density at radius 3 is 2.12 bits per heavy atom. The fraction of sp³-hybridized carbons (Fsp3) is 0.333. The molecule has 1 aliphatic rings. The van der Waals surface area contributed by atoms with Crippen LogP contribution in [0.3, 0.4) is 0 Å². The average molecular weight is 438 g/mol. The molecule has 125 valence electrons. The molecule has 3 heteroatoms. The summed E-state index contributed by atoms with van der Waals surface area (Å²) in [5.41, 5.74) is 13.5. The van der Waals surface area contributed by atoms with Crippen LogP contribution in [0.25, 0.3) is 17.2 Å². The maximum absolute atomic E-state index is 6.47. The molecule has 1 unspecified atom stereocenters. The zero-order valence-electron chi connectivity index (χ0n) is 15.1. The quantitative estimate of drug-likeness (QED) is 0.463. The zero-order chi connectivity index (χ0) is 17.8. The van der Waals surface area contributed by atoms with Crippen LogP contribution in [-0.2, 0) is 19.4 Å². The van der Waals surface area contributed by atoms with Crippen molar-refractivity contribution in [1.29, 1.82) is 0 Å². The van der Waals surface area contributed by atoms with E-state index in [4.69, 9.17) is 17.0 Å². The summed E-state index contributed by atoms with van der Waals surface area (Å²) >= 11 is -2.39. The Labute approximate surface area is 160 Å². The molecule has 0 fully saturated rings. The van der Waals surface area contributed by atoms with Gasteiger partial charge in [0.25, 0.3) is 0 Å². The molecule has 0 bridgehead atoms. The summed E-state index contributed by atoms with van der Waals surface area (Å²) in [6.07, 6.45) is 2.32.